The molecule has 2 aromatic carbocycles. The monoisotopic (exact) mass is 344 g/mol. The van der Waals surface area contributed by atoms with Crippen molar-refractivity contribution in [3.8, 4) is 0 Å². The van der Waals surface area contributed by atoms with E-state index in [-0.39, 0.29) is 5.78 Å². The zero-order chi connectivity index (χ0) is 18.4. The summed E-state index contributed by atoms with van der Waals surface area (Å²) in [6.45, 7) is 5.01. The molecule has 1 heterocycles. The van der Waals surface area contributed by atoms with Crippen LogP contribution in [-0.4, -0.2) is 15.3 Å². The first-order valence-electron chi connectivity index (χ1n) is 8.98. The fourth-order valence-corrected chi connectivity index (χ4v) is 2.98. The summed E-state index contributed by atoms with van der Waals surface area (Å²) in [7, 11) is 0. The molecule has 3 aromatic rings. The zero-order valence-electron chi connectivity index (χ0n) is 15.4. The van der Waals surface area contributed by atoms with Gasteiger partial charge in [0.05, 0.1) is 11.0 Å². The van der Waals surface area contributed by atoms with Gasteiger partial charge in [-0.15, -0.1) is 0 Å². The molecule has 0 bridgehead atoms. The van der Waals surface area contributed by atoms with Crippen LogP contribution in [0.4, 0.5) is 0 Å². The molecule has 0 spiro atoms. The zero-order valence-corrected chi connectivity index (χ0v) is 15.4. The molecule has 1 aromatic heterocycles. The Morgan fingerprint density at radius 3 is 2.62 bits per heavy atom. The minimum Gasteiger partial charge on any atom is -0.324 e. The van der Waals surface area contributed by atoms with E-state index >= 15 is 0 Å². The van der Waals surface area contributed by atoms with Crippen LogP contribution in [0.25, 0.3) is 11.0 Å². The van der Waals surface area contributed by atoms with E-state index < -0.39 is 0 Å². The Morgan fingerprint density at radius 2 is 1.81 bits per heavy atom. The molecule has 0 aliphatic rings. The van der Waals surface area contributed by atoms with E-state index in [1.807, 2.05) is 61.5 Å². The number of para-hydroxylation sites is 2. The average Bonchev–Trinajstić information content (AvgIpc) is 2.99. The second-order valence-electron chi connectivity index (χ2n) is 6.48. The Bertz CT molecular complexity index is 949. The molecule has 3 heteroatoms. The van der Waals surface area contributed by atoms with Gasteiger partial charge in [-0.3, -0.25) is 4.79 Å². The first-order valence-corrected chi connectivity index (χ1v) is 8.98. The summed E-state index contributed by atoms with van der Waals surface area (Å²) in [5.41, 5.74) is 4.26. The van der Waals surface area contributed by atoms with Crippen LogP contribution < -0.4 is 0 Å². The highest BCUT2D eigenvalue weighted by atomic mass is 16.1. The Balaban J connectivity index is 1.55. The van der Waals surface area contributed by atoms with E-state index in [4.69, 9.17) is 0 Å². The maximum atomic E-state index is 12.0. The molecule has 0 atom stereocenters. The van der Waals surface area contributed by atoms with Crippen molar-refractivity contribution < 1.29 is 4.79 Å². The van der Waals surface area contributed by atoms with Crippen LogP contribution >= 0.6 is 0 Å². The fourth-order valence-electron chi connectivity index (χ4n) is 2.98. The number of allylic oxidation sites excluding steroid dienone is 4. The molecule has 0 N–H and O–H groups in total. The highest BCUT2D eigenvalue weighted by Gasteiger charge is 2.05. The van der Waals surface area contributed by atoms with Crippen molar-refractivity contribution in [2.45, 2.75) is 33.2 Å². The largest absolute Gasteiger partial charge is 0.324 e. The van der Waals surface area contributed by atoms with Crippen molar-refractivity contribution in [1.82, 2.24) is 9.55 Å². The van der Waals surface area contributed by atoms with Crippen LogP contribution in [0.2, 0.25) is 0 Å². The highest BCUT2D eigenvalue weighted by Crippen LogP contribution is 2.16. The summed E-state index contributed by atoms with van der Waals surface area (Å²) in [6.07, 6.45) is 7.70. The lowest BCUT2D eigenvalue weighted by atomic mass is 10.1. The lowest BCUT2D eigenvalue weighted by Crippen LogP contribution is -1.98. The van der Waals surface area contributed by atoms with Crippen LogP contribution in [0.5, 0.6) is 0 Å². The van der Waals surface area contributed by atoms with Gasteiger partial charge in [0.2, 0.25) is 0 Å². The second kappa shape index (κ2) is 8.43. The topological polar surface area (TPSA) is 34.9 Å². The van der Waals surface area contributed by atoms with Crippen molar-refractivity contribution in [1.29, 1.82) is 0 Å². The van der Waals surface area contributed by atoms with Crippen LogP contribution in [0.3, 0.4) is 0 Å². The first kappa shape index (κ1) is 17.9. The lowest BCUT2D eigenvalue weighted by molar-refractivity contribution is 0.104. The molecule has 0 aliphatic heterocycles. The Kier molecular flexibility index (Phi) is 5.80. The average molecular weight is 344 g/mol. The number of hydrogen-bond donors (Lipinski definition) is 0. The Hall–Kier alpha value is -2.94. The summed E-state index contributed by atoms with van der Waals surface area (Å²) >= 11 is 0. The van der Waals surface area contributed by atoms with Crippen molar-refractivity contribution in [2.24, 2.45) is 0 Å². The van der Waals surface area contributed by atoms with E-state index in [9.17, 15) is 4.79 Å². The highest BCUT2D eigenvalue weighted by molar-refractivity contribution is 6.04. The lowest BCUT2D eigenvalue weighted by Gasteiger charge is -2.05. The van der Waals surface area contributed by atoms with E-state index in [0.29, 0.717) is 0 Å². The molecule has 0 radical (unpaired) electrons. The summed E-state index contributed by atoms with van der Waals surface area (Å²) in [4.78, 5) is 16.6. The SMILES string of the molecule is C/C(=C\Cn1c(C)nc2ccccc21)CC/C=C/C(=O)c1ccccc1. The normalized spacial score (nSPS) is 12.2. The van der Waals surface area contributed by atoms with E-state index in [2.05, 4.69) is 28.6 Å². The number of imidazole rings is 1. The maximum Gasteiger partial charge on any atom is 0.185 e. The van der Waals surface area contributed by atoms with Gasteiger partial charge in [0.1, 0.15) is 5.82 Å². The molecule has 0 amide bonds. The molecule has 0 saturated heterocycles. The van der Waals surface area contributed by atoms with Gasteiger partial charge in [-0.05, 0) is 44.9 Å². The smallest absolute Gasteiger partial charge is 0.185 e. The third kappa shape index (κ3) is 4.37. The molecule has 3 rings (SSSR count). The summed E-state index contributed by atoms with van der Waals surface area (Å²) in [5, 5.41) is 0. The summed E-state index contributed by atoms with van der Waals surface area (Å²) in [5.74, 6) is 1.09. The first-order chi connectivity index (χ1) is 12.6. The van der Waals surface area contributed by atoms with Gasteiger partial charge in [-0.25, -0.2) is 4.98 Å². The van der Waals surface area contributed by atoms with Crippen LogP contribution in [0.15, 0.2) is 78.4 Å². The van der Waals surface area contributed by atoms with Crippen LogP contribution in [0.1, 0.15) is 35.9 Å². The van der Waals surface area contributed by atoms with Crippen molar-refractivity contribution >= 4 is 16.8 Å². The van der Waals surface area contributed by atoms with Crippen molar-refractivity contribution in [2.75, 3.05) is 0 Å². The standard InChI is InChI=1S/C23H24N2O/c1-18(10-6-9-15-23(26)20-11-4-3-5-12-20)16-17-25-19(2)24-21-13-7-8-14-22(21)25/h3-5,7-9,11-16H,6,10,17H2,1-2H3/b15-9+,18-16+. The molecule has 0 saturated carbocycles. The van der Waals surface area contributed by atoms with E-state index in [1.54, 1.807) is 6.08 Å². The minimum absolute atomic E-state index is 0.0627. The minimum atomic E-state index is 0.0627. The van der Waals surface area contributed by atoms with Crippen LogP contribution in [-0.2, 0) is 6.54 Å². The number of aromatic nitrogens is 2. The number of ketones is 1. The molecule has 0 aliphatic carbocycles. The van der Waals surface area contributed by atoms with Gasteiger partial charge in [0.15, 0.2) is 5.78 Å². The van der Waals surface area contributed by atoms with Crippen molar-refractivity contribution in [3.63, 3.8) is 0 Å². The van der Waals surface area contributed by atoms with Crippen molar-refractivity contribution in [3.05, 3.63) is 89.8 Å². The molecular weight excluding hydrogens is 320 g/mol. The van der Waals surface area contributed by atoms with Gasteiger partial charge in [0, 0.05) is 12.1 Å². The number of aryl methyl sites for hydroxylation is 1. The number of fused-ring (bicyclic) bond motifs is 1. The number of carbonyl (C=O) groups excluding carboxylic acids is 1. The van der Waals surface area contributed by atoms with E-state index in [1.165, 1.54) is 11.1 Å². The van der Waals surface area contributed by atoms with Crippen LogP contribution in [0, 0.1) is 6.92 Å². The third-order valence-electron chi connectivity index (χ3n) is 4.50. The number of rotatable bonds is 7. The summed E-state index contributed by atoms with van der Waals surface area (Å²) < 4.78 is 2.23. The second-order valence-corrected chi connectivity index (χ2v) is 6.48. The number of nitrogens with zero attached hydrogens (tertiary/aromatic N) is 2. The number of carbonyl (C=O) groups is 1. The molecule has 0 fully saturated rings. The fraction of sp³-hybridized carbons (Fsp3) is 0.217. The molecule has 26 heavy (non-hydrogen) atoms. The molecule has 3 nitrogen and oxygen atoms in total. The molecular formula is C23H24N2O. The number of hydrogen-bond acceptors (Lipinski definition) is 2. The maximum absolute atomic E-state index is 12.0. The Labute approximate surface area is 154 Å². The van der Waals surface area contributed by atoms with E-state index in [0.717, 1.165) is 36.3 Å². The summed E-state index contributed by atoms with van der Waals surface area (Å²) in [6, 6.07) is 17.6. The molecule has 0 unspecified atom stereocenters. The van der Waals surface area contributed by atoms with Gasteiger partial charge < -0.3 is 4.57 Å². The molecule has 132 valence electrons. The Morgan fingerprint density at radius 1 is 1.08 bits per heavy atom. The predicted molar refractivity (Wildman–Crippen MR) is 107 cm³/mol. The van der Waals surface area contributed by atoms with Gasteiger partial charge >= 0.3 is 0 Å². The predicted octanol–water partition coefficient (Wildman–Crippen LogP) is 5.51. The number of benzene rings is 2. The third-order valence-corrected chi connectivity index (χ3v) is 4.50. The van der Waals surface area contributed by atoms with Gasteiger partial charge in [0.25, 0.3) is 0 Å². The van der Waals surface area contributed by atoms with Gasteiger partial charge in [-0.2, -0.15) is 0 Å². The quantitative estimate of drug-likeness (QED) is 0.322. The van der Waals surface area contributed by atoms with Gasteiger partial charge in [-0.1, -0.05) is 60.2 Å².